The first-order valence-electron chi connectivity index (χ1n) is 5.23. The van der Waals surface area contributed by atoms with Crippen LogP contribution in [0.15, 0.2) is 0 Å². The molecule has 1 atom stereocenters. The van der Waals surface area contributed by atoms with Crippen molar-refractivity contribution in [3.05, 3.63) is 0 Å². The van der Waals surface area contributed by atoms with E-state index in [1.807, 2.05) is 0 Å². The third kappa shape index (κ3) is 2.95. The summed E-state index contributed by atoms with van der Waals surface area (Å²) in [5.41, 5.74) is -2.39. The van der Waals surface area contributed by atoms with Gasteiger partial charge in [0.2, 0.25) is 5.54 Å². The van der Waals surface area contributed by atoms with Gasteiger partial charge < -0.3 is 9.84 Å². The van der Waals surface area contributed by atoms with Crippen LogP contribution in [0.1, 0.15) is 34.6 Å². The molecule has 0 aromatic carbocycles. The van der Waals surface area contributed by atoms with E-state index >= 15 is 0 Å². The number of carboxylic acids is 1. The average molecular weight is 231 g/mol. The molecular formula is C11H21NO4. The maximum absolute atomic E-state index is 11.9. The zero-order valence-corrected chi connectivity index (χ0v) is 10.7. The van der Waals surface area contributed by atoms with Gasteiger partial charge >= 0.3 is 11.9 Å². The first-order valence-corrected chi connectivity index (χ1v) is 5.23. The van der Waals surface area contributed by atoms with Crippen molar-refractivity contribution in [3.63, 3.8) is 0 Å². The molecule has 0 aromatic heterocycles. The number of carboxylic acid groups (broad SMARTS) is 1. The molecule has 0 aliphatic rings. The Balaban J connectivity index is 5.20. The Hall–Kier alpha value is -1.10. The van der Waals surface area contributed by atoms with Crippen molar-refractivity contribution in [3.8, 4) is 0 Å². The van der Waals surface area contributed by atoms with E-state index in [-0.39, 0.29) is 0 Å². The second-order valence-corrected chi connectivity index (χ2v) is 5.02. The van der Waals surface area contributed by atoms with Crippen LogP contribution in [-0.4, -0.2) is 35.2 Å². The van der Waals surface area contributed by atoms with E-state index in [1.54, 1.807) is 34.6 Å². The van der Waals surface area contributed by atoms with E-state index < -0.39 is 29.0 Å². The highest BCUT2D eigenvalue weighted by Gasteiger charge is 2.50. The normalized spacial score (nSPS) is 15.7. The molecule has 0 rings (SSSR count). The molecule has 0 aromatic rings. The molecule has 0 spiro atoms. The molecule has 1 unspecified atom stereocenters. The number of hydrogen-bond acceptors (Lipinski definition) is 4. The predicted molar refractivity (Wildman–Crippen MR) is 60.1 cm³/mol. The largest absolute Gasteiger partial charge is 0.479 e. The van der Waals surface area contributed by atoms with Crippen LogP contribution in [0.2, 0.25) is 0 Å². The molecule has 0 saturated heterocycles. The van der Waals surface area contributed by atoms with Gasteiger partial charge in [-0.15, -0.1) is 0 Å². The van der Waals surface area contributed by atoms with Crippen molar-refractivity contribution in [2.24, 2.45) is 5.92 Å². The number of ether oxygens (including phenoxy) is 1. The molecule has 5 heteroatoms. The Labute approximate surface area is 96.2 Å². The van der Waals surface area contributed by atoms with Gasteiger partial charge in [-0.25, -0.2) is 9.59 Å². The minimum absolute atomic E-state index is 0.412. The molecule has 94 valence electrons. The van der Waals surface area contributed by atoms with Crippen LogP contribution in [0.4, 0.5) is 0 Å². The van der Waals surface area contributed by atoms with E-state index in [0.29, 0.717) is 0 Å². The number of carbonyl (C=O) groups excluding carboxylic acids is 1. The standard InChI is InChI=1S/C11H21NO4/c1-7(2)11(12-6,8(13)14)9(15)16-10(3,4)5/h7,12H,1-6H3,(H,13,14). The summed E-state index contributed by atoms with van der Waals surface area (Å²) in [6, 6.07) is 0. The summed E-state index contributed by atoms with van der Waals surface area (Å²) in [7, 11) is 1.44. The fourth-order valence-corrected chi connectivity index (χ4v) is 1.43. The highest BCUT2D eigenvalue weighted by molar-refractivity contribution is 6.04. The van der Waals surface area contributed by atoms with Gasteiger partial charge in [-0.05, 0) is 33.7 Å². The number of likely N-dealkylation sites (N-methyl/N-ethyl adjacent to an activating group) is 1. The Bertz CT molecular complexity index is 280. The van der Waals surface area contributed by atoms with Gasteiger partial charge in [-0.1, -0.05) is 13.8 Å². The molecule has 0 bridgehead atoms. The number of carbonyl (C=O) groups is 2. The Morgan fingerprint density at radius 1 is 1.25 bits per heavy atom. The maximum atomic E-state index is 11.9. The van der Waals surface area contributed by atoms with Crippen molar-refractivity contribution in [1.29, 1.82) is 0 Å². The van der Waals surface area contributed by atoms with Gasteiger partial charge in [-0.2, -0.15) is 0 Å². The van der Waals surface area contributed by atoms with Crippen LogP contribution in [0.25, 0.3) is 0 Å². The SMILES string of the molecule is CNC(C(=O)O)(C(=O)OC(C)(C)C)C(C)C. The highest BCUT2D eigenvalue weighted by Crippen LogP contribution is 2.22. The third-order valence-electron chi connectivity index (χ3n) is 2.32. The zero-order chi connectivity index (χ0) is 13.1. The molecule has 0 fully saturated rings. The maximum Gasteiger partial charge on any atom is 0.338 e. The topological polar surface area (TPSA) is 75.6 Å². The molecule has 0 aliphatic heterocycles. The predicted octanol–water partition coefficient (Wildman–Crippen LogP) is 1.03. The summed E-state index contributed by atoms with van der Waals surface area (Å²) in [6.07, 6.45) is 0. The molecule has 0 radical (unpaired) electrons. The lowest BCUT2D eigenvalue weighted by Crippen LogP contribution is -2.62. The molecule has 0 saturated carbocycles. The van der Waals surface area contributed by atoms with Crippen molar-refractivity contribution in [2.45, 2.75) is 45.8 Å². The lowest BCUT2D eigenvalue weighted by Gasteiger charge is -2.33. The lowest BCUT2D eigenvalue weighted by molar-refractivity contribution is -0.173. The summed E-state index contributed by atoms with van der Waals surface area (Å²) < 4.78 is 5.13. The first-order chi connectivity index (χ1) is 7.08. The number of hydrogen-bond donors (Lipinski definition) is 2. The lowest BCUT2D eigenvalue weighted by atomic mass is 9.86. The number of aliphatic carboxylic acids is 1. The summed E-state index contributed by atoms with van der Waals surface area (Å²) >= 11 is 0. The quantitative estimate of drug-likeness (QED) is 0.558. The molecule has 5 nitrogen and oxygen atoms in total. The van der Waals surface area contributed by atoms with E-state index in [4.69, 9.17) is 4.74 Å². The van der Waals surface area contributed by atoms with Gasteiger partial charge in [0.25, 0.3) is 0 Å². The number of esters is 1. The molecule has 2 N–H and O–H groups in total. The Kier molecular flexibility index (Phi) is 4.49. The van der Waals surface area contributed by atoms with E-state index in [9.17, 15) is 14.7 Å². The van der Waals surface area contributed by atoms with Crippen LogP contribution in [0.3, 0.4) is 0 Å². The second kappa shape index (κ2) is 4.82. The van der Waals surface area contributed by atoms with Gasteiger partial charge in [0.15, 0.2) is 0 Å². The van der Waals surface area contributed by atoms with Crippen molar-refractivity contribution < 1.29 is 19.4 Å². The molecular weight excluding hydrogens is 210 g/mol. The fourth-order valence-electron chi connectivity index (χ4n) is 1.43. The minimum Gasteiger partial charge on any atom is -0.479 e. The average Bonchev–Trinajstić information content (AvgIpc) is 2.00. The van der Waals surface area contributed by atoms with Gasteiger partial charge in [0.1, 0.15) is 5.60 Å². The molecule has 0 amide bonds. The highest BCUT2D eigenvalue weighted by atomic mass is 16.6. The second-order valence-electron chi connectivity index (χ2n) is 5.02. The summed E-state index contributed by atoms with van der Waals surface area (Å²) in [6.45, 7) is 8.43. The van der Waals surface area contributed by atoms with Crippen molar-refractivity contribution in [1.82, 2.24) is 5.32 Å². The first kappa shape index (κ1) is 14.9. The van der Waals surface area contributed by atoms with E-state index in [2.05, 4.69) is 5.32 Å². The molecule has 16 heavy (non-hydrogen) atoms. The van der Waals surface area contributed by atoms with Crippen molar-refractivity contribution >= 4 is 11.9 Å². The smallest absolute Gasteiger partial charge is 0.338 e. The number of rotatable bonds is 4. The van der Waals surface area contributed by atoms with Crippen LogP contribution in [-0.2, 0) is 14.3 Å². The summed E-state index contributed by atoms with van der Waals surface area (Å²) in [4.78, 5) is 23.2. The molecule has 0 heterocycles. The fraction of sp³-hybridized carbons (Fsp3) is 0.818. The zero-order valence-electron chi connectivity index (χ0n) is 10.7. The summed E-state index contributed by atoms with van der Waals surface area (Å²) in [5, 5.41) is 11.8. The van der Waals surface area contributed by atoms with Crippen molar-refractivity contribution in [2.75, 3.05) is 7.05 Å². The van der Waals surface area contributed by atoms with Gasteiger partial charge in [0, 0.05) is 0 Å². The summed E-state index contributed by atoms with van der Waals surface area (Å²) in [5.74, 6) is -2.39. The van der Waals surface area contributed by atoms with Crippen LogP contribution < -0.4 is 5.32 Å². The van der Waals surface area contributed by atoms with Crippen LogP contribution >= 0.6 is 0 Å². The van der Waals surface area contributed by atoms with Crippen LogP contribution in [0.5, 0.6) is 0 Å². The van der Waals surface area contributed by atoms with E-state index in [1.165, 1.54) is 7.05 Å². The third-order valence-corrected chi connectivity index (χ3v) is 2.32. The van der Waals surface area contributed by atoms with Crippen LogP contribution in [0, 0.1) is 5.92 Å². The van der Waals surface area contributed by atoms with Gasteiger partial charge in [-0.3, -0.25) is 5.32 Å². The Morgan fingerprint density at radius 3 is 1.88 bits per heavy atom. The number of nitrogens with one attached hydrogen (secondary N) is 1. The van der Waals surface area contributed by atoms with Gasteiger partial charge in [0.05, 0.1) is 0 Å². The monoisotopic (exact) mass is 231 g/mol. The van der Waals surface area contributed by atoms with E-state index in [0.717, 1.165) is 0 Å². The minimum atomic E-state index is -1.69. The molecule has 0 aliphatic carbocycles. The Morgan fingerprint density at radius 2 is 1.69 bits per heavy atom.